The molecule has 22 heavy (non-hydrogen) atoms. The van der Waals surface area contributed by atoms with Crippen LogP contribution in [-0.4, -0.2) is 18.5 Å². The molecule has 0 radical (unpaired) electrons. The lowest BCUT2D eigenvalue weighted by Gasteiger charge is -2.15. The summed E-state index contributed by atoms with van der Waals surface area (Å²) in [6, 6.07) is 5.09. The zero-order valence-electron chi connectivity index (χ0n) is 14.3. The van der Waals surface area contributed by atoms with E-state index >= 15 is 0 Å². The summed E-state index contributed by atoms with van der Waals surface area (Å²) >= 11 is 0. The van der Waals surface area contributed by atoms with Gasteiger partial charge in [-0.15, -0.1) is 0 Å². The summed E-state index contributed by atoms with van der Waals surface area (Å²) in [6.07, 6.45) is 3.91. The highest BCUT2D eigenvalue weighted by molar-refractivity contribution is 5.61. The first-order chi connectivity index (χ1) is 10.2. The summed E-state index contributed by atoms with van der Waals surface area (Å²) < 4.78 is 13.6. The van der Waals surface area contributed by atoms with Gasteiger partial charge in [-0.3, -0.25) is 4.90 Å². The van der Waals surface area contributed by atoms with Gasteiger partial charge in [-0.1, -0.05) is 36.1 Å². The van der Waals surface area contributed by atoms with Crippen LogP contribution in [0.25, 0.3) is 5.57 Å². The minimum atomic E-state index is -0.213. The molecule has 0 spiro atoms. The Kier molecular flexibility index (Phi) is 6.59. The Morgan fingerprint density at radius 3 is 2.59 bits per heavy atom. The van der Waals surface area contributed by atoms with Gasteiger partial charge in [-0.2, -0.15) is 0 Å². The van der Waals surface area contributed by atoms with Crippen molar-refractivity contribution in [1.29, 1.82) is 0 Å². The molecule has 0 fully saturated rings. The number of likely N-dealkylation sites (N-methyl/N-ethyl adjacent to an activating group) is 1. The van der Waals surface area contributed by atoms with Gasteiger partial charge < -0.3 is 0 Å². The molecule has 0 aromatic heterocycles. The SMILES string of the molecule is C=C(C)c1cc(F)cc(CN(C)C/C=C/C#CC(C)(C)C)c1. The maximum absolute atomic E-state index is 13.6. The van der Waals surface area contributed by atoms with Crippen molar-refractivity contribution in [1.82, 2.24) is 4.90 Å². The van der Waals surface area contributed by atoms with Crippen LogP contribution in [0.5, 0.6) is 0 Å². The van der Waals surface area contributed by atoms with Crippen LogP contribution in [-0.2, 0) is 6.54 Å². The van der Waals surface area contributed by atoms with Gasteiger partial charge in [0.2, 0.25) is 0 Å². The van der Waals surface area contributed by atoms with Gasteiger partial charge in [0.25, 0.3) is 0 Å². The predicted molar refractivity (Wildman–Crippen MR) is 93.8 cm³/mol. The van der Waals surface area contributed by atoms with E-state index in [2.05, 4.69) is 44.1 Å². The van der Waals surface area contributed by atoms with Gasteiger partial charge in [0.1, 0.15) is 5.82 Å². The Labute approximate surface area is 134 Å². The highest BCUT2D eigenvalue weighted by atomic mass is 19.1. The van der Waals surface area contributed by atoms with E-state index in [-0.39, 0.29) is 11.2 Å². The number of benzene rings is 1. The third-order valence-corrected chi connectivity index (χ3v) is 2.97. The summed E-state index contributed by atoms with van der Waals surface area (Å²) in [4.78, 5) is 2.12. The fourth-order valence-corrected chi connectivity index (χ4v) is 1.91. The fourth-order valence-electron chi connectivity index (χ4n) is 1.91. The summed E-state index contributed by atoms with van der Waals surface area (Å²) in [7, 11) is 2.01. The quantitative estimate of drug-likeness (QED) is 0.699. The Balaban J connectivity index is 2.62. The van der Waals surface area contributed by atoms with Crippen molar-refractivity contribution in [3.05, 3.63) is 53.9 Å². The van der Waals surface area contributed by atoms with Crippen molar-refractivity contribution in [2.24, 2.45) is 5.41 Å². The predicted octanol–water partition coefficient (Wildman–Crippen LogP) is 4.90. The normalized spacial score (nSPS) is 11.6. The van der Waals surface area contributed by atoms with Gasteiger partial charge in [0, 0.05) is 18.5 Å². The number of rotatable bonds is 5. The minimum Gasteiger partial charge on any atom is -0.298 e. The summed E-state index contributed by atoms with van der Waals surface area (Å²) in [6.45, 7) is 13.5. The maximum Gasteiger partial charge on any atom is 0.124 e. The lowest BCUT2D eigenvalue weighted by atomic mass is 9.98. The minimum absolute atomic E-state index is 0.0246. The molecular formula is C20H26FN. The average molecular weight is 299 g/mol. The molecule has 0 saturated heterocycles. The van der Waals surface area contributed by atoms with E-state index in [9.17, 15) is 4.39 Å². The third-order valence-electron chi connectivity index (χ3n) is 2.97. The summed E-state index contributed by atoms with van der Waals surface area (Å²) in [5.74, 6) is 5.99. The highest BCUT2D eigenvalue weighted by Crippen LogP contribution is 2.17. The van der Waals surface area contributed by atoms with E-state index in [0.29, 0.717) is 6.54 Å². The molecule has 0 N–H and O–H groups in total. The van der Waals surface area contributed by atoms with Gasteiger partial charge in [0.05, 0.1) is 0 Å². The molecule has 0 aliphatic carbocycles. The van der Waals surface area contributed by atoms with Crippen LogP contribution >= 0.6 is 0 Å². The van der Waals surface area contributed by atoms with Gasteiger partial charge in [-0.05, 0) is 64.1 Å². The molecule has 1 aromatic rings. The van der Waals surface area contributed by atoms with Gasteiger partial charge in [-0.25, -0.2) is 4.39 Å². The number of halogens is 1. The smallest absolute Gasteiger partial charge is 0.124 e. The van der Waals surface area contributed by atoms with Crippen molar-refractivity contribution in [2.45, 2.75) is 34.2 Å². The van der Waals surface area contributed by atoms with Crippen molar-refractivity contribution in [2.75, 3.05) is 13.6 Å². The molecule has 0 unspecified atom stereocenters. The monoisotopic (exact) mass is 299 g/mol. The third kappa shape index (κ3) is 7.24. The first-order valence-electron chi connectivity index (χ1n) is 7.49. The van der Waals surface area contributed by atoms with Crippen LogP contribution in [0.3, 0.4) is 0 Å². The fraction of sp³-hybridized carbons (Fsp3) is 0.400. The molecule has 0 aliphatic heterocycles. The van der Waals surface area contributed by atoms with Gasteiger partial charge >= 0.3 is 0 Å². The first-order valence-corrected chi connectivity index (χ1v) is 7.49. The number of allylic oxidation sites excluding steroid dienone is 2. The first kappa shape index (κ1) is 18.2. The molecule has 0 aliphatic rings. The molecule has 1 rings (SSSR count). The second-order valence-corrected chi connectivity index (χ2v) is 6.75. The van der Waals surface area contributed by atoms with Crippen molar-refractivity contribution >= 4 is 5.57 Å². The van der Waals surface area contributed by atoms with E-state index in [1.165, 1.54) is 6.07 Å². The molecule has 0 heterocycles. The topological polar surface area (TPSA) is 3.24 Å². The lowest BCUT2D eigenvalue weighted by molar-refractivity contribution is 0.362. The van der Waals surface area contributed by atoms with Crippen molar-refractivity contribution in [3.63, 3.8) is 0 Å². The number of hydrogen-bond donors (Lipinski definition) is 0. The van der Waals surface area contributed by atoms with E-state index in [1.54, 1.807) is 6.07 Å². The number of nitrogens with zero attached hydrogens (tertiary/aromatic N) is 1. The van der Waals surface area contributed by atoms with Crippen LogP contribution in [0.2, 0.25) is 0 Å². The average Bonchev–Trinajstić information content (AvgIpc) is 2.36. The molecule has 1 aromatic carbocycles. The van der Waals surface area contributed by atoms with Crippen molar-refractivity contribution < 1.29 is 4.39 Å². The summed E-state index contributed by atoms with van der Waals surface area (Å²) in [5, 5.41) is 0. The molecule has 2 heteroatoms. The maximum atomic E-state index is 13.6. The second kappa shape index (κ2) is 7.96. The van der Waals surface area contributed by atoms with E-state index in [0.717, 1.165) is 23.2 Å². The second-order valence-electron chi connectivity index (χ2n) is 6.75. The van der Waals surface area contributed by atoms with Crippen LogP contribution in [0, 0.1) is 23.1 Å². The Morgan fingerprint density at radius 1 is 1.32 bits per heavy atom. The largest absolute Gasteiger partial charge is 0.298 e. The molecule has 0 saturated carbocycles. The van der Waals surface area contributed by atoms with Crippen LogP contribution in [0.1, 0.15) is 38.8 Å². The van der Waals surface area contributed by atoms with E-state index in [1.807, 2.05) is 32.2 Å². The standard InChI is InChI=1S/C20H26FN/c1-16(2)18-12-17(13-19(21)14-18)15-22(6)11-9-7-8-10-20(3,4)5/h7,9,12-14H,1,11,15H2,2-6H3/b9-7+. The summed E-state index contributed by atoms with van der Waals surface area (Å²) in [5.41, 5.74) is 2.71. The Hall–Kier alpha value is -1.85. The zero-order chi connectivity index (χ0) is 16.8. The van der Waals surface area contributed by atoms with Crippen molar-refractivity contribution in [3.8, 4) is 11.8 Å². The zero-order valence-corrected chi connectivity index (χ0v) is 14.3. The highest BCUT2D eigenvalue weighted by Gasteiger charge is 2.04. The molecule has 0 bridgehead atoms. The molecular weight excluding hydrogens is 273 g/mol. The number of hydrogen-bond acceptors (Lipinski definition) is 1. The Bertz CT molecular complexity index is 609. The van der Waals surface area contributed by atoms with Gasteiger partial charge in [0.15, 0.2) is 0 Å². The molecule has 0 amide bonds. The van der Waals surface area contributed by atoms with E-state index in [4.69, 9.17) is 0 Å². The lowest BCUT2D eigenvalue weighted by Crippen LogP contribution is -2.17. The Morgan fingerprint density at radius 2 is 2.00 bits per heavy atom. The van der Waals surface area contributed by atoms with Crippen LogP contribution in [0.15, 0.2) is 36.9 Å². The van der Waals surface area contributed by atoms with Crippen LogP contribution in [0.4, 0.5) is 4.39 Å². The molecule has 118 valence electrons. The van der Waals surface area contributed by atoms with E-state index < -0.39 is 0 Å². The molecule has 1 nitrogen and oxygen atoms in total. The molecule has 0 atom stereocenters. The van der Waals surface area contributed by atoms with Crippen LogP contribution < -0.4 is 0 Å².